The number of esters is 2. The fraction of sp³-hybridized carbons (Fsp3) is 0.143. The van der Waals surface area contributed by atoms with Gasteiger partial charge in [-0.15, -0.1) is 0 Å². The number of aromatic nitrogens is 2. The minimum absolute atomic E-state index is 0.0613. The molecule has 0 radical (unpaired) electrons. The van der Waals surface area contributed by atoms with Crippen molar-refractivity contribution in [3.63, 3.8) is 0 Å². The zero-order valence-corrected chi connectivity index (χ0v) is 17.1. The van der Waals surface area contributed by atoms with E-state index in [1.807, 2.05) is 18.2 Å². The van der Waals surface area contributed by atoms with Gasteiger partial charge in [-0.2, -0.15) is 5.26 Å². The van der Waals surface area contributed by atoms with Gasteiger partial charge in [0.05, 0.1) is 30.5 Å². The molecule has 0 aliphatic heterocycles. The Morgan fingerprint density at radius 2 is 2.07 bits per heavy atom. The van der Waals surface area contributed by atoms with E-state index in [4.69, 9.17) is 15.2 Å². The molecule has 0 atom stereocenters. The number of ether oxygens (including phenoxy) is 2. The van der Waals surface area contributed by atoms with Crippen molar-refractivity contribution >= 4 is 29.4 Å². The van der Waals surface area contributed by atoms with Gasteiger partial charge in [-0.3, -0.25) is 0 Å². The van der Waals surface area contributed by atoms with Gasteiger partial charge in [-0.25, -0.2) is 14.6 Å². The molecule has 0 aliphatic carbocycles. The van der Waals surface area contributed by atoms with E-state index in [-0.39, 0.29) is 16.9 Å². The molecule has 8 nitrogen and oxygen atoms in total. The average molecular weight is 422 g/mol. The molecule has 0 aliphatic rings. The minimum Gasteiger partial charge on any atom is -0.464 e. The number of nitrogens with zero attached hydrogens (tertiary/aromatic N) is 3. The van der Waals surface area contributed by atoms with Gasteiger partial charge in [0.2, 0.25) is 0 Å². The Hall–Kier alpha value is -3.77. The third-order valence-corrected chi connectivity index (χ3v) is 5.03. The van der Waals surface area contributed by atoms with Crippen molar-refractivity contribution in [1.29, 1.82) is 5.26 Å². The highest BCUT2D eigenvalue weighted by atomic mass is 32.2. The molecule has 0 spiro atoms. The van der Waals surface area contributed by atoms with Gasteiger partial charge < -0.3 is 19.8 Å². The summed E-state index contributed by atoms with van der Waals surface area (Å²) in [5.41, 5.74) is 7.31. The molecule has 0 saturated carbocycles. The van der Waals surface area contributed by atoms with Gasteiger partial charge in [0.25, 0.3) is 0 Å². The van der Waals surface area contributed by atoms with E-state index in [1.54, 1.807) is 37.4 Å². The first-order chi connectivity index (χ1) is 14.5. The summed E-state index contributed by atoms with van der Waals surface area (Å²) < 4.78 is 11.3. The lowest BCUT2D eigenvalue weighted by atomic mass is 10.2. The van der Waals surface area contributed by atoms with Crippen LogP contribution in [0.3, 0.4) is 0 Å². The molecule has 3 aromatic rings. The summed E-state index contributed by atoms with van der Waals surface area (Å²) in [5, 5.41) is 9.88. The first-order valence-electron chi connectivity index (χ1n) is 8.89. The Morgan fingerprint density at radius 3 is 2.77 bits per heavy atom. The standard InChI is InChI=1S/C21H18N4O4S/c1-3-29-20(26)13-7-8-24-17(9-13)30-16-6-4-5-15(10-16)25-12-14(11-22)18(23)19(25)21(27)28-2/h4-10,12H,3,23H2,1-2H3. The molecular formula is C21H18N4O4S. The molecule has 9 heteroatoms. The van der Waals surface area contributed by atoms with Gasteiger partial charge in [-0.05, 0) is 37.3 Å². The second-order valence-electron chi connectivity index (χ2n) is 5.98. The number of benzene rings is 1. The molecule has 0 fully saturated rings. The molecule has 0 saturated heterocycles. The van der Waals surface area contributed by atoms with Gasteiger partial charge >= 0.3 is 11.9 Å². The van der Waals surface area contributed by atoms with E-state index in [2.05, 4.69) is 4.98 Å². The molecule has 1 aromatic carbocycles. The van der Waals surface area contributed by atoms with Crippen LogP contribution in [0.15, 0.2) is 58.7 Å². The van der Waals surface area contributed by atoms with E-state index in [0.29, 0.717) is 22.9 Å². The fourth-order valence-corrected chi connectivity index (χ4v) is 3.61. The first-order valence-corrected chi connectivity index (χ1v) is 9.70. The number of carbonyl (C=O) groups excluding carboxylic acids is 2. The number of nitrogen functional groups attached to an aromatic ring is 1. The predicted molar refractivity (Wildman–Crippen MR) is 111 cm³/mol. The van der Waals surface area contributed by atoms with Crippen molar-refractivity contribution in [1.82, 2.24) is 9.55 Å². The summed E-state index contributed by atoms with van der Waals surface area (Å²) in [4.78, 5) is 29.2. The lowest BCUT2D eigenvalue weighted by Crippen LogP contribution is -2.11. The van der Waals surface area contributed by atoms with Crippen molar-refractivity contribution in [2.75, 3.05) is 19.5 Å². The Bertz CT molecular complexity index is 1150. The molecule has 30 heavy (non-hydrogen) atoms. The fourth-order valence-electron chi connectivity index (χ4n) is 2.74. The molecule has 2 N–H and O–H groups in total. The molecular weight excluding hydrogens is 404 g/mol. The third-order valence-electron chi connectivity index (χ3n) is 4.11. The quantitative estimate of drug-likeness (QED) is 0.600. The maximum Gasteiger partial charge on any atom is 0.357 e. The average Bonchev–Trinajstić information content (AvgIpc) is 3.10. The summed E-state index contributed by atoms with van der Waals surface area (Å²) in [6, 6.07) is 12.5. The van der Waals surface area contributed by atoms with Crippen molar-refractivity contribution < 1.29 is 19.1 Å². The molecule has 0 amide bonds. The number of hydrogen-bond acceptors (Lipinski definition) is 8. The second kappa shape index (κ2) is 9.15. The van der Waals surface area contributed by atoms with Crippen LogP contribution in [-0.2, 0) is 9.47 Å². The number of methoxy groups -OCH3 is 1. The monoisotopic (exact) mass is 422 g/mol. The highest BCUT2D eigenvalue weighted by molar-refractivity contribution is 7.99. The number of carbonyl (C=O) groups is 2. The third kappa shape index (κ3) is 4.29. The lowest BCUT2D eigenvalue weighted by Gasteiger charge is -2.10. The molecule has 0 unspecified atom stereocenters. The van der Waals surface area contributed by atoms with Crippen LogP contribution < -0.4 is 5.73 Å². The summed E-state index contributed by atoms with van der Waals surface area (Å²) in [6.45, 7) is 2.04. The number of nitriles is 1. The van der Waals surface area contributed by atoms with Crippen LogP contribution in [0.5, 0.6) is 0 Å². The van der Waals surface area contributed by atoms with E-state index in [1.165, 1.54) is 29.6 Å². The van der Waals surface area contributed by atoms with Crippen LogP contribution in [0, 0.1) is 11.3 Å². The van der Waals surface area contributed by atoms with Crippen LogP contribution in [0.4, 0.5) is 5.69 Å². The van der Waals surface area contributed by atoms with E-state index < -0.39 is 11.9 Å². The maximum absolute atomic E-state index is 12.2. The van der Waals surface area contributed by atoms with Crippen LogP contribution in [0.25, 0.3) is 5.69 Å². The molecule has 0 bridgehead atoms. The Balaban J connectivity index is 1.95. The number of anilines is 1. The summed E-state index contributed by atoms with van der Waals surface area (Å²) in [7, 11) is 1.25. The Morgan fingerprint density at radius 1 is 1.27 bits per heavy atom. The maximum atomic E-state index is 12.2. The normalized spacial score (nSPS) is 10.3. The second-order valence-corrected chi connectivity index (χ2v) is 7.07. The Labute approximate surface area is 177 Å². The number of nitrogens with two attached hydrogens (primary N) is 1. The van der Waals surface area contributed by atoms with Crippen LogP contribution in [0.1, 0.15) is 33.3 Å². The SMILES string of the molecule is CCOC(=O)c1ccnc(Sc2cccc(-n3cc(C#N)c(N)c3C(=O)OC)c2)c1. The first kappa shape index (κ1) is 21.0. The minimum atomic E-state index is -0.643. The van der Waals surface area contributed by atoms with E-state index in [9.17, 15) is 14.9 Å². The predicted octanol–water partition coefficient (Wildman–Crippen LogP) is 3.44. The van der Waals surface area contributed by atoms with Gasteiger partial charge in [-0.1, -0.05) is 17.8 Å². The summed E-state index contributed by atoms with van der Waals surface area (Å²) in [5.74, 6) is -1.05. The number of pyridine rings is 1. The number of rotatable bonds is 6. The zero-order chi connectivity index (χ0) is 21.7. The van der Waals surface area contributed by atoms with Crippen molar-refractivity contribution in [3.05, 3.63) is 65.6 Å². The largest absolute Gasteiger partial charge is 0.464 e. The molecule has 2 heterocycles. The van der Waals surface area contributed by atoms with Crippen molar-refractivity contribution in [2.24, 2.45) is 0 Å². The van der Waals surface area contributed by atoms with E-state index >= 15 is 0 Å². The molecule has 2 aromatic heterocycles. The highest BCUT2D eigenvalue weighted by Gasteiger charge is 2.21. The van der Waals surface area contributed by atoms with Crippen LogP contribution >= 0.6 is 11.8 Å². The van der Waals surface area contributed by atoms with Crippen LogP contribution in [0.2, 0.25) is 0 Å². The molecule has 3 rings (SSSR count). The Kier molecular flexibility index (Phi) is 6.39. The topological polar surface area (TPSA) is 120 Å². The van der Waals surface area contributed by atoms with Gasteiger partial charge in [0.1, 0.15) is 11.1 Å². The highest BCUT2D eigenvalue weighted by Crippen LogP contribution is 2.30. The number of hydrogen-bond donors (Lipinski definition) is 1. The summed E-state index contributed by atoms with van der Waals surface area (Å²) >= 11 is 1.34. The van der Waals surface area contributed by atoms with E-state index in [0.717, 1.165) is 4.90 Å². The molecule has 152 valence electrons. The van der Waals surface area contributed by atoms with Gasteiger partial charge in [0, 0.05) is 23.0 Å². The lowest BCUT2D eigenvalue weighted by molar-refractivity contribution is 0.0524. The van der Waals surface area contributed by atoms with Gasteiger partial charge in [0.15, 0.2) is 5.69 Å². The summed E-state index contributed by atoms with van der Waals surface area (Å²) in [6.07, 6.45) is 3.03. The smallest absolute Gasteiger partial charge is 0.357 e. The van der Waals surface area contributed by atoms with Crippen molar-refractivity contribution in [3.8, 4) is 11.8 Å². The zero-order valence-electron chi connectivity index (χ0n) is 16.3. The van der Waals surface area contributed by atoms with Crippen molar-refractivity contribution in [2.45, 2.75) is 16.8 Å². The van der Waals surface area contributed by atoms with Crippen LogP contribution in [-0.4, -0.2) is 35.2 Å².